The second-order valence-electron chi connectivity index (χ2n) is 7.00. The van der Waals surface area contributed by atoms with E-state index in [-0.39, 0.29) is 11.5 Å². The summed E-state index contributed by atoms with van der Waals surface area (Å²) in [6, 6.07) is 3.30. The lowest BCUT2D eigenvalue weighted by atomic mass is 10.0. The van der Waals surface area contributed by atoms with Gasteiger partial charge in [-0.2, -0.15) is 0 Å². The van der Waals surface area contributed by atoms with Crippen molar-refractivity contribution in [2.75, 3.05) is 20.8 Å². The highest BCUT2D eigenvalue weighted by molar-refractivity contribution is 5.82. The standard InChI is InChI=1S/C20H27N3O4/c1-4-23(19(24)9-13-7-5-6-8-13)12-18-21-15-11-17(27-3)16(26-2)10-14(15)20(25)22-18/h10-11,13H,4-9,12H2,1-3H3,(H,21,22,25). The van der Waals surface area contributed by atoms with E-state index in [2.05, 4.69) is 9.97 Å². The molecule has 1 aromatic heterocycles. The number of carbonyl (C=O) groups is 1. The van der Waals surface area contributed by atoms with E-state index in [1.54, 1.807) is 17.0 Å². The number of ether oxygens (including phenoxy) is 2. The highest BCUT2D eigenvalue weighted by atomic mass is 16.5. The van der Waals surface area contributed by atoms with Crippen molar-refractivity contribution >= 4 is 16.8 Å². The zero-order valence-corrected chi connectivity index (χ0v) is 16.2. The summed E-state index contributed by atoms with van der Waals surface area (Å²) in [5.41, 5.74) is 0.265. The number of methoxy groups -OCH3 is 2. The summed E-state index contributed by atoms with van der Waals surface area (Å²) < 4.78 is 10.5. The van der Waals surface area contributed by atoms with Crippen molar-refractivity contribution in [2.45, 2.75) is 45.6 Å². The molecule has 7 heteroatoms. The first-order valence-corrected chi connectivity index (χ1v) is 9.48. The molecule has 7 nitrogen and oxygen atoms in total. The van der Waals surface area contributed by atoms with Crippen LogP contribution in [0.5, 0.6) is 11.5 Å². The molecule has 1 N–H and O–H groups in total. The zero-order valence-electron chi connectivity index (χ0n) is 16.2. The van der Waals surface area contributed by atoms with Gasteiger partial charge in [0.25, 0.3) is 5.56 Å². The third kappa shape index (κ3) is 4.23. The zero-order chi connectivity index (χ0) is 19.4. The van der Waals surface area contributed by atoms with Gasteiger partial charge in [0.15, 0.2) is 11.5 Å². The van der Waals surface area contributed by atoms with Crippen molar-refractivity contribution in [3.05, 3.63) is 28.3 Å². The lowest BCUT2D eigenvalue weighted by Crippen LogP contribution is -2.32. The smallest absolute Gasteiger partial charge is 0.258 e. The van der Waals surface area contributed by atoms with E-state index in [1.165, 1.54) is 27.1 Å². The molecule has 1 fully saturated rings. The highest BCUT2D eigenvalue weighted by Gasteiger charge is 2.22. The monoisotopic (exact) mass is 373 g/mol. The number of H-pyrrole nitrogens is 1. The van der Waals surface area contributed by atoms with Gasteiger partial charge in [0.05, 0.1) is 31.7 Å². The summed E-state index contributed by atoms with van der Waals surface area (Å²) in [5.74, 6) is 2.08. The van der Waals surface area contributed by atoms with Crippen molar-refractivity contribution in [1.82, 2.24) is 14.9 Å². The summed E-state index contributed by atoms with van der Waals surface area (Å²) in [4.78, 5) is 34.2. The maximum atomic E-state index is 12.6. The molecule has 2 aromatic rings. The Morgan fingerprint density at radius 3 is 2.52 bits per heavy atom. The summed E-state index contributed by atoms with van der Waals surface area (Å²) >= 11 is 0. The molecule has 1 aromatic carbocycles. The Morgan fingerprint density at radius 2 is 1.89 bits per heavy atom. The molecule has 27 heavy (non-hydrogen) atoms. The second-order valence-corrected chi connectivity index (χ2v) is 7.00. The van der Waals surface area contributed by atoms with Crippen molar-refractivity contribution in [1.29, 1.82) is 0 Å². The fourth-order valence-corrected chi connectivity index (χ4v) is 3.74. The van der Waals surface area contributed by atoms with Crippen LogP contribution in [-0.4, -0.2) is 41.5 Å². The lowest BCUT2D eigenvalue weighted by molar-refractivity contribution is -0.132. The number of carbonyl (C=O) groups excluding carboxylic acids is 1. The Morgan fingerprint density at radius 1 is 1.22 bits per heavy atom. The Kier molecular flexibility index (Phi) is 5.98. The summed E-state index contributed by atoms with van der Waals surface area (Å²) in [7, 11) is 3.06. The van der Waals surface area contributed by atoms with Crippen molar-refractivity contribution in [2.24, 2.45) is 5.92 Å². The molecule has 146 valence electrons. The number of amides is 1. The van der Waals surface area contributed by atoms with Crippen LogP contribution in [0.4, 0.5) is 0 Å². The van der Waals surface area contributed by atoms with Gasteiger partial charge in [-0.05, 0) is 31.7 Å². The van der Waals surface area contributed by atoms with Gasteiger partial charge >= 0.3 is 0 Å². The molecule has 3 rings (SSSR count). The molecule has 0 spiro atoms. The molecule has 0 aliphatic heterocycles. The number of fused-ring (bicyclic) bond motifs is 1. The maximum Gasteiger partial charge on any atom is 0.258 e. The summed E-state index contributed by atoms with van der Waals surface area (Å²) in [6.45, 7) is 2.82. The Balaban J connectivity index is 1.84. The van der Waals surface area contributed by atoms with Gasteiger partial charge in [-0.3, -0.25) is 9.59 Å². The van der Waals surface area contributed by atoms with Gasteiger partial charge in [-0.15, -0.1) is 0 Å². The highest BCUT2D eigenvalue weighted by Crippen LogP contribution is 2.30. The van der Waals surface area contributed by atoms with Gasteiger partial charge in [-0.25, -0.2) is 4.98 Å². The molecular weight excluding hydrogens is 346 g/mol. The second kappa shape index (κ2) is 8.41. The Bertz CT molecular complexity index is 871. The van der Waals surface area contributed by atoms with Gasteiger partial charge in [0.1, 0.15) is 5.82 Å². The van der Waals surface area contributed by atoms with E-state index in [1.807, 2.05) is 6.92 Å². The molecule has 0 bridgehead atoms. The van der Waals surface area contributed by atoms with E-state index >= 15 is 0 Å². The predicted octanol–water partition coefficient (Wildman–Crippen LogP) is 2.87. The van der Waals surface area contributed by atoms with Crippen molar-refractivity contribution in [3.63, 3.8) is 0 Å². The van der Waals surface area contributed by atoms with Gasteiger partial charge in [0, 0.05) is 19.0 Å². The number of hydrogen-bond donors (Lipinski definition) is 1. The van der Waals surface area contributed by atoms with Crippen LogP contribution in [0.1, 0.15) is 44.9 Å². The number of nitrogens with zero attached hydrogens (tertiary/aromatic N) is 2. The van der Waals surface area contributed by atoms with Crippen LogP contribution in [0.25, 0.3) is 10.9 Å². The summed E-state index contributed by atoms with van der Waals surface area (Å²) in [6.07, 6.45) is 5.28. The molecule has 0 radical (unpaired) electrons. The number of aromatic nitrogens is 2. The van der Waals surface area contributed by atoms with Crippen LogP contribution in [0.2, 0.25) is 0 Å². The average molecular weight is 373 g/mol. The normalized spacial score (nSPS) is 14.5. The third-order valence-corrected chi connectivity index (χ3v) is 5.27. The fraction of sp³-hybridized carbons (Fsp3) is 0.550. The van der Waals surface area contributed by atoms with Crippen molar-refractivity contribution < 1.29 is 14.3 Å². The summed E-state index contributed by atoms with van der Waals surface area (Å²) in [5, 5.41) is 0.428. The molecule has 0 atom stereocenters. The minimum Gasteiger partial charge on any atom is -0.493 e. The van der Waals surface area contributed by atoms with E-state index in [0.29, 0.717) is 53.7 Å². The van der Waals surface area contributed by atoms with Gasteiger partial charge < -0.3 is 19.4 Å². The van der Waals surface area contributed by atoms with Crippen LogP contribution in [0.15, 0.2) is 16.9 Å². The average Bonchev–Trinajstić information content (AvgIpc) is 3.18. The van der Waals surface area contributed by atoms with Crippen LogP contribution < -0.4 is 15.0 Å². The first-order chi connectivity index (χ1) is 13.0. The number of aromatic amines is 1. The van der Waals surface area contributed by atoms with E-state index in [0.717, 1.165) is 12.8 Å². The minimum atomic E-state index is -0.254. The molecular formula is C20H27N3O4. The largest absolute Gasteiger partial charge is 0.493 e. The van der Waals surface area contributed by atoms with E-state index < -0.39 is 0 Å². The SMILES string of the molecule is CCN(Cc1nc2cc(OC)c(OC)cc2c(=O)[nH]1)C(=O)CC1CCCC1. The van der Waals surface area contributed by atoms with Crippen molar-refractivity contribution in [3.8, 4) is 11.5 Å². The predicted molar refractivity (Wildman–Crippen MR) is 103 cm³/mol. The lowest BCUT2D eigenvalue weighted by Gasteiger charge is -2.22. The van der Waals surface area contributed by atoms with Gasteiger partial charge in [-0.1, -0.05) is 12.8 Å². The van der Waals surface area contributed by atoms with Crippen LogP contribution in [0, 0.1) is 5.92 Å². The molecule has 1 heterocycles. The quantitative estimate of drug-likeness (QED) is 0.807. The first-order valence-electron chi connectivity index (χ1n) is 9.48. The Labute approximate surface area is 158 Å². The maximum absolute atomic E-state index is 12.6. The molecule has 1 aliphatic carbocycles. The van der Waals surface area contributed by atoms with Crippen LogP contribution in [0.3, 0.4) is 0 Å². The van der Waals surface area contributed by atoms with E-state index in [9.17, 15) is 9.59 Å². The van der Waals surface area contributed by atoms with Crippen LogP contribution >= 0.6 is 0 Å². The minimum absolute atomic E-state index is 0.124. The van der Waals surface area contributed by atoms with Gasteiger partial charge in [0.2, 0.25) is 5.91 Å². The molecule has 1 saturated carbocycles. The molecule has 0 saturated heterocycles. The topological polar surface area (TPSA) is 84.5 Å². The molecule has 0 unspecified atom stereocenters. The molecule has 1 aliphatic rings. The van der Waals surface area contributed by atoms with Crippen LogP contribution in [-0.2, 0) is 11.3 Å². The Hall–Kier alpha value is -2.57. The molecule has 1 amide bonds. The number of hydrogen-bond acceptors (Lipinski definition) is 5. The first kappa shape index (κ1) is 19.2. The number of nitrogens with one attached hydrogen (secondary N) is 1. The van der Waals surface area contributed by atoms with E-state index in [4.69, 9.17) is 9.47 Å². The number of benzene rings is 1. The third-order valence-electron chi connectivity index (χ3n) is 5.27. The fourth-order valence-electron chi connectivity index (χ4n) is 3.74. The number of rotatable bonds is 7.